The molecule has 3 aromatic carbocycles. The number of hydrogen-bond donors (Lipinski definition) is 2. The number of ether oxygens (including phenoxy) is 4. The van der Waals surface area contributed by atoms with Gasteiger partial charge in [0.05, 0.1) is 38.3 Å². The van der Waals surface area contributed by atoms with E-state index in [-0.39, 0.29) is 28.4 Å². The maximum absolute atomic E-state index is 13.5. The van der Waals surface area contributed by atoms with Gasteiger partial charge in [0.2, 0.25) is 10.0 Å². The van der Waals surface area contributed by atoms with Crippen LogP contribution in [0.5, 0.6) is 11.5 Å². The minimum atomic E-state index is -3.90. The van der Waals surface area contributed by atoms with Crippen molar-refractivity contribution in [3.05, 3.63) is 88.5 Å². The molecule has 0 radical (unpaired) electrons. The van der Waals surface area contributed by atoms with E-state index in [4.69, 9.17) is 18.9 Å². The molecule has 1 aliphatic rings. The van der Waals surface area contributed by atoms with Crippen molar-refractivity contribution in [1.29, 1.82) is 0 Å². The highest BCUT2D eigenvalue weighted by Gasteiger charge is 2.39. The van der Waals surface area contributed by atoms with Crippen LogP contribution in [0.3, 0.4) is 0 Å². The zero-order valence-electron chi connectivity index (χ0n) is 25.1. The summed E-state index contributed by atoms with van der Waals surface area (Å²) in [7, 11) is 1.88. The second kappa shape index (κ2) is 15.0. The molecule has 0 fully saturated rings. The van der Waals surface area contributed by atoms with Gasteiger partial charge in [0, 0.05) is 36.9 Å². The Kier molecular flexibility index (Phi) is 11.1. The molecule has 12 nitrogen and oxygen atoms in total. The highest BCUT2D eigenvalue weighted by Crippen LogP contribution is 2.38. The van der Waals surface area contributed by atoms with Gasteiger partial charge in [-0.05, 0) is 54.4 Å². The lowest BCUT2D eigenvalue weighted by Gasteiger charge is -2.15. The van der Waals surface area contributed by atoms with Crippen LogP contribution in [0, 0.1) is 0 Å². The van der Waals surface area contributed by atoms with Gasteiger partial charge in [0.1, 0.15) is 22.1 Å². The Hall–Kier alpha value is -4.53. The molecule has 3 aromatic rings. The summed E-state index contributed by atoms with van der Waals surface area (Å²) < 4.78 is 48.9. The molecule has 14 heteroatoms. The van der Waals surface area contributed by atoms with E-state index < -0.39 is 33.6 Å². The fourth-order valence-electron chi connectivity index (χ4n) is 4.45. The van der Waals surface area contributed by atoms with E-state index in [1.807, 2.05) is 0 Å². The number of carbonyl (C=O) groups is 3. The number of anilines is 2. The van der Waals surface area contributed by atoms with Crippen LogP contribution in [0.15, 0.2) is 82.2 Å². The van der Waals surface area contributed by atoms with Crippen LogP contribution < -0.4 is 19.5 Å². The van der Waals surface area contributed by atoms with E-state index in [0.29, 0.717) is 40.7 Å². The Labute approximate surface area is 265 Å². The number of methoxy groups -OCH3 is 4. The topological polar surface area (TPSA) is 150 Å². The Morgan fingerprint density at radius 3 is 2.31 bits per heavy atom. The zero-order valence-corrected chi connectivity index (χ0v) is 26.8. The van der Waals surface area contributed by atoms with E-state index in [1.165, 1.54) is 27.4 Å². The molecule has 2 N–H and O–H groups in total. The van der Waals surface area contributed by atoms with E-state index in [1.54, 1.807) is 67.8 Å². The summed E-state index contributed by atoms with van der Waals surface area (Å²) in [5.74, 6) is -1.07. The molecule has 0 bridgehead atoms. The third kappa shape index (κ3) is 8.15. The zero-order chi connectivity index (χ0) is 32.6. The highest BCUT2D eigenvalue weighted by molar-refractivity contribution is 8.04. The van der Waals surface area contributed by atoms with Crippen LogP contribution in [0.25, 0.3) is 0 Å². The SMILES string of the molecule is COCCCN1C(=O)C(Nc2ccc(OC)cc2OC)=C(Sc2ccc(NS(=O)(=O)Cc3ccccc3C(=O)OC)cc2)C1=O. The fraction of sp³-hybridized carbons (Fsp3) is 0.258. The lowest BCUT2D eigenvalue weighted by atomic mass is 10.1. The van der Waals surface area contributed by atoms with Crippen molar-refractivity contribution in [2.24, 2.45) is 0 Å². The van der Waals surface area contributed by atoms with Crippen LogP contribution in [0.1, 0.15) is 22.3 Å². The maximum atomic E-state index is 13.5. The average Bonchev–Trinajstić information content (AvgIpc) is 3.25. The van der Waals surface area contributed by atoms with Crippen molar-refractivity contribution >= 4 is 50.9 Å². The molecule has 0 saturated carbocycles. The number of carbonyl (C=O) groups excluding carboxylic acids is 3. The molecule has 4 rings (SSSR count). The largest absolute Gasteiger partial charge is 0.497 e. The highest BCUT2D eigenvalue weighted by atomic mass is 32.2. The first-order chi connectivity index (χ1) is 21.6. The van der Waals surface area contributed by atoms with Crippen LogP contribution in [0.4, 0.5) is 11.4 Å². The van der Waals surface area contributed by atoms with Crippen molar-refractivity contribution in [1.82, 2.24) is 4.90 Å². The van der Waals surface area contributed by atoms with Gasteiger partial charge in [-0.3, -0.25) is 19.2 Å². The smallest absolute Gasteiger partial charge is 0.338 e. The molecule has 45 heavy (non-hydrogen) atoms. The van der Waals surface area contributed by atoms with E-state index in [2.05, 4.69) is 10.0 Å². The number of imide groups is 1. The minimum absolute atomic E-state index is 0.0833. The molecular formula is C31H33N3O9S2. The molecule has 1 heterocycles. The molecular weight excluding hydrogens is 622 g/mol. The maximum Gasteiger partial charge on any atom is 0.338 e. The van der Waals surface area contributed by atoms with Gasteiger partial charge in [-0.25, -0.2) is 13.2 Å². The number of benzene rings is 3. The number of nitrogens with one attached hydrogen (secondary N) is 2. The Morgan fingerprint density at radius 2 is 1.64 bits per heavy atom. The molecule has 0 atom stereocenters. The molecule has 2 amide bonds. The first-order valence-corrected chi connectivity index (χ1v) is 16.1. The van der Waals surface area contributed by atoms with Crippen molar-refractivity contribution < 1.29 is 41.7 Å². The van der Waals surface area contributed by atoms with Gasteiger partial charge >= 0.3 is 5.97 Å². The minimum Gasteiger partial charge on any atom is -0.497 e. The van der Waals surface area contributed by atoms with Crippen molar-refractivity contribution in [3.63, 3.8) is 0 Å². The second-order valence-corrected chi connectivity index (χ2v) is 12.4. The summed E-state index contributed by atoms with van der Waals surface area (Å²) in [5, 5.41) is 3.08. The second-order valence-electron chi connectivity index (χ2n) is 9.64. The fourth-order valence-corrected chi connectivity index (χ4v) is 6.62. The predicted molar refractivity (Wildman–Crippen MR) is 170 cm³/mol. The Morgan fingerprint density at radius 1 is 0.911 bits per heavy atom. The normalized spacial score (nSPS) is 13.2. The number of esters is 1. The van der Waals surface area contributed by atoms with Crippen molar-refractivity contribution in [3.8, 4) is 11.5 Å². The number of thioether (sulfide) groups is 1. The van der Waals surface area contributed by atoms with Crippen LogP contribution in [-0.4, -0.2) is 72.7 Å². The number of amides is 2. The van der Waals surface area contributed by atoms with Gasteiger partial charge < -0.3 is 24.3 Å². The molecule has 0 spiro atoms. The summed E-state index contributed by atoms with van der Waals surface area (Å²) >= 11 is 1.07. The monoisotopic (exact) mass is 655 g/mol. The first kappa shape index (κ1) is 33.4. The summed E-state index contributed by atoms with van der Waals surface area (Å²) in [6.45, 7) is 0.542. The molecule has 0 unspecified atom stereocenters. The average molecular weight is 656 g/mol. The van der Waals surface area contributed by atoms with Gasteiger partial charge in [0.25, 0.3) is 11.8 Å². The summed E-state index contributed by atoms with van der Waals surface area (Å²) in [6, 6.07) is 17.7. The Balaban J connectivity index is 1.56. The quantitative estimate of drug-likeness (QED) is 0.137. The molecule has 0 aliphatic carbocycles. The van der Waals surface area contributed by atoms with Gasteiger partial charge in [-0.15, -0.1) is 0 Å². The lowest BCUT2D eigenvalue weighted by Crippen LogP contribution is -2.33. The predicted octanol–water partition coefficient (Wildman–Crippen LogP) is 4.25. The van der Waals surface area contributed by atoms with E-state index in [9.17, 15) is 22.8 Å². The molecule has 238 valence electrons. The molecule has 0 saturated heterocycles. The standard InChI is InChI=1S/C31H33N3O9S2/c1-40-17-7-16-34-29(35)27(32-25-15-12-22(41-2)18-26(25)42-3)28(30(34)36)44-23-13-10-21(11-14-23)33-45(38,39)19-20-8-5-6-9-24(20)31(37)43-4/h5-6,8-15,18,32-33H,7,16-17,19H2,1-4H3. The van der Waals surface area contributed by atoms with E-state index in [0.717, 1.165) is 16.7 Å². The summed E-state index contributed by atoms with van der Waals surface area (Å²) in [6.07, 6.45) is 0.462. The Bertz CT molecular complexity index is 1710. The van der Waals surface area contributed by atoms with Crippen molar-refractivity contribution in [2.75, 3.05) is 51.6 Å². The van der Waals surface area contributed by atoms with Crippen LogP contribution in [0.2, 0.25) is 0 Å². The van der Waals surface area contributed by atoms with Gasteiger partial charge in [-0.2, -0.15) is 0 Å². The van der Waals surface area contributed by atoms with E-state index >= 15 is 0 Å². The van der Waals surface area contributed by atoms with Crippen LogP contribution in [-0.2, 0) is 34.8 Å². The third-order valence-corrected chi connectivity index (χ3v) is 8.97. The number of nitrogens with zero attached hydrogens (tertiary/aromatic N) is 1. The van der Waals surface area contributed by atoms with Gasteiger partial charge in [0.15, 0.2) is 0 Å². The third-order valence-electron chi connectivity index (χ3n) is 6.64. The number of hydrogen-bond acceptors (Lipinski definition) is 11. The molecule has 1 aliphatic heterocycles. The van der Waals surface area contributed by atoms with Gasteiger partial charge in [-0.1, -0.05) is 30.0 Å². The first-order valence-electron chi connectivity index (χ1n) is 13.6. The summed E-state index contributed by atoms with van der Waals surface area (Å²) in [5.41, 5.74) is 1.28. The van der Waals surface area contributed by atoms with Crippen LogP contribution >= 0.6 is 11.8 Å². The number of rotatable bonds is 15. The number of sulfonamides is 1. The lowest BCUT2D eigenvalue weighted by molar-refractivity contribution is -0.137. The molecule has 0 aromatic heterocycles. The summed E-state index contributed by atoms with van der Waals surface area (Å²) in [4.78, 5) is 40.9. The van der Waals surface area contributed by atoms with Crippen molar-refractivity contribution in [2.45, 2.75) is 17.1 Å².